The maximum atomic E-state index is 8.81. The predicted molar refractivity (Wildman–Crippen MR) is 106 cm³/mol. The molecule has 0 saturated carbocycles. The number of rotatable bonds is 0. The average Bonchev–Trinajstić information content (AvgIpc) is 2.69. The molecule has 5 heteroatoms. The van der Waals surface area contributed by atoms with Crippen molar-refractivity contribution < 1.29 is 26.8 Å². The number of hydrogen-bond donors (Lipinski definition) is 1. The summed E-state index contributed by atoms with van der Waals surface area (Å²) in [6, 6.07) is 7.15. The van der Waals surface area contributed by atoms with Gasteiger partial charge in [0.25, 0.3) is 0 Å². The summed E-state index contributed by atoms with van der Waals surface area (Å²) in [4.78, 5) is 0. The maximum absolute atomic E-state index is 8.81. The van der Waals surface area contributed by atoms with E-state index in [2.05, 4.69) is 39.0 Å². The SMILES string of the molecule is CC(C)(C)C1=[C-]CC=C1.Cc1cccc(O)c1.Cl.Cl.[CH3-].[CH3-].[Si].[Ti+3]. The summed E-state index contributed by atoms with van der Waals surface area (Å²) in [5, 5.41) is 8.81. The molecular formula is C18H29Cl2OSiTi. The summed E-state index contributed by atoms with van der Waals surface area (Å²) in [6.07, 6.45) is 8.63. The Kier molecular flexibility index (Phi) is 30.7. The second-order valence-electron chi connectivity index (χ2n) is 5.29. The molecule has 1 aliphatic carbocycles. The van der Waals surface area contributed by atoms with Gasteiger partial charge in [0.1, 0.15) is 5.75 Å². The molecule has 0 heterocycles. The van der Waals surface area contributed by atoms with Gasteiger partial charge < -0.3 is 20.0 Å². The van der Waals surface area contributed by atoms with E-state index in [0.717, 1.165) is 12.0 Å². The van der Waals surface area contributed by atoms with Crippen LogP contribution in [0, 0.1) is 33.3 Å². The van der Waals surface area contributed by atoms with Gasteiger partial charge in [-0.1, -0.05) is 32.9 Å². The number of hydrogen-bond acceptors (Lipinski definition) is 1. The summed E-state index contributed by atoms with van der Waals surface area (Å²) in [6.45, 7) is 8.58. The Bertz CT molecular complexity index is 424. The van der Waals surface area contributed by atoms with Crippen LogP contribution in [-0.4, -0.2) is 16.1 Å². The first-order valence-corrected chi connectivity index (χ1v) is 5.93. The van der Waals surface area contributed by atoms with Crippen molar-refractivity contribution in [2.45, 2.75) is 34.1 Å². The van der Waals surface area contributed by atoms with Crippen LogP contribution in [0.1, 0.15) is 32.8 Å². The number of aromatic hydroxyl groups is 1. The summed E-state index contributed by atoms with van der Waals surface area (Å²) >= 11 is 0. The summed E-state index contributed by atoms with van der Waals surface area (Å²) < 4.78 is 0. The third-order valence-corrected chi connectivity index (χ3v) is 2.50. The van der Waals surface area contributed by atoms with Crippen LogP contribution in [0.5, 0.6) is 5.75 Å². The van der Waals surface area contributed by atoms with Gasteiger partial charge in [-0.05, 0) is 30.0 Å². The Morgan fingerprint density at radius 2 is 1.61 bits per heavy atom. The monoisotopic (exact) mass is 407 g/mol. The second-order valence-corrected chi connectivity index (χ2v) is 5.29. The van der Waals surface area contributed by atoms with Gasteiger partial charge in [-0.3, -0.25) is 6.08 Å². The molecule has 0 amide bonds. The Morgan fingerprint density at radius 3 is 1.83 bits per heavy atom. The fourth-order valence-electron chi connectivity index (χ4n) is 1.55. The van der Waals surface area contributed by atoms with Crippen molar-refractivity contribution in [1.29, 1.82) is 0 Å². The Hall–Kier alpha value is 0.0112. The number of phenols is 1. The predicted octanol–water partition coefficient (Wildman–Crippen LogP) is 5.78. The van der Waals surface area contributed by atoms with Crippen LogP contribution in [0.15, 0.2) is 42.0 Å². The topological polar surface area (TPSA) is 20.2 Å². The zero-order chi connectivity index (χ0) is 12.9. The standard InChI is InChI=1S/C9H13.C7H8O.2CH3.2ClH.Si.Ti/c1-9(2,3)8-6-4-5-7-8;1-6-3-2-4-7(8)5-6;;;;;;/h4,6H,5H2,1-3H3;2-5,8H,1H3;2*1H3;2*1H;;/q-1;;2*-1;;;;+3. The normalized spacial score (nSPS) is 10.3. The molecule has 23 heavy (non-hydrogen) atoms. The van der Waals surface area contributed by atoms with Gasteiger partial charge in [0.15, 0.2) is 0 Å². The van der Waals surface area contributed by atoms with Crippen LogP contribution in [0.25, 0.3) is 0 Å². The minimum absolute atomic E-state index is 0. The van der Waals surface area contributed by atoms with E-state index in [4.69, 9.17) is 5.11 Å². The van der Waals surface area contributed by atoms with E-state index in [1.165, 1.54) is 5.57 Å². The molecule has 1 nitrogen and oxygen atoms in total. The van der Waals surface area contributed by atoms with Crippen molar-refractivity contribution in [3.63, 3.8) is 0 Å². The fraction of sp³-hybridized carbons (Fsp3) is 0.333. The van der Waals surface area contributed by atoms with Crippen molar-refractivity contribution in [3.8, 4) is 5.75 Å². The van der Waals surface area contributed by atoms with Crippen molar-refractivity contribution in [3.05, 3.63) is 68.5 Å². The summed E-state index contributed by atoms with van der Waals surface area (Å²) in [7, 11) is 0. The zero-order valence-corrected chi connectivity index (χ0v) is 19.1. The molecule has 0 unspecified atom stereocenters. The molecular weight excluding hydrogens is 379 g/mol. The molecule has 1 aliphatic rings. The number of phenolic OH excluding ortho intramolecular Hbond substituents is 1. The van der Waals surface area contributed by atoms with Crippen molar-refractivity contribution in [2.75, 3.05) is 0 Å². The quantitative estimate of drug-likeness (QED) is 0.426. The Balaban J connectivity index is -0.0000000500. The molecule has 1 N–H and O–H groups in total. The molecule has 0 fully saturated rings. The molecule has 2 rings (SSSR count). The van der Waals surface area contributed by atoms with Crippen LogP contribution < -0.4 is 0 Å². The zero-order valence-electron chi connectivity index (χ0n) is 14.9. The minimum Gasteiger partial charge on any atom is -0.508 e. The Morgan fingerprint density at radius 1 is 1.09 bits per heavy atom. The maximum Gasteiger partial charge on any atom is 3.00 e. The van der Waals surface area contributed by atoms with Crippen molar-refractivity contribution in [2.24, 2.45) is 5.41 Å². The van der Waals surface area contributed by atoms with Crippen molar-refractivity contribution in [1.82, 2.24) is 0 Å². The van der Waals surface area contributed by atoms with Gasteiger partial charge in [-0.15, -0.1) is 31.2 Å². The first-order valence-electron chi connectivity index (χ1n) is 5.93. The van der Waals surface area contributed by atoms with E-state index >= 15 is 0 Å². The summed E-state index contributed by atoms with van der Waals surface area (Å²) in [5.74, 6) is 0.338. The van der Waals surface area contributed by atoms with Crippen LogP contribution in [-0.2, 0) is 21.7 Å². The number of aryl methyl sites for hydroxylation is 1. The molecule has 0 atom stereocenters. The van der Waals surface area contributed by atoms with Crippen molar-refractivity contribution >= 4 is 35.8 Å². The minimum atomic E-state index is 0. The Labute approximate surface area is 175 Å². The fourth-order valence-corrected chi connectivity index (χ4v) is 1.55. The van der Waals surface area contributed by atoms with Gasteiger partial charge in [0.05, 0.1) is 0 Å². The van der Waals surface area contributed by atoms with E-state index in [1.54, 1.807) is 12.1 Å². The summed E-state index contributed by atoms with van der Waals surface area (Å²) in [5.41, 5.74) is 2.74. The molecule has 0 bridgehead atoms. The van der Waals surface area contributed by atoms with Gasteiger partial charge in [0.2, 0.25) is 0 Å². The average molecular weight is 408 g/mol. The molecule has 1 aromatic carbocycles. The molecule has 0 saturated heterocycles. The second kappa shape index (κ2) is 18.4. The van der Waals surface area contributed by atoms with E-state index < -0.39 is 0 Å². The van der Waals surface area contributed by atoms with Gasteiger partial charge in [0, 0.05) is 11.0 Å². The van der Waals surface area contributed by atoms with Gasteiger partial charge >= 0.3 is 21.7 Å². The first kappa shape index (κ1) is 38.5. The van der Waals surface area contributed by atoms with Crippen LogP contribution in [0.4, 0.5) is 0 Å². The van der Waals surface area contributed by atoms with E-state index in [1.807, 2.05) is 19.1 Å². The molecule has 129 valence electrons. The third-order valence-electron chi connectivity index (χ3n) is 2.50. The molecule has 0 aromatic heterocycles. The molecule has 5 radical (unpaired) electrons. The largest absolute Gasteiger partial charge is 3.00 e. The molecule has 0 aliphatic heterocycles. The van der Waals surface area contributed by atoms with E-state index in [-0.39, 0.29) is 72.4 Å². The number of halogens is 2. The van der Waals surface area contributed by atoms with E-state index in [0.29, 0.717) is 11.2 Å². The molecule has 1 aromatic rings. The molecule has 0 spiro atoms. The number of allylic oxidation sites excluding steroid dienone is 4. The smallest absolute Gasteiger partial charge is 0.508 e. The van der Waals surface area contributed by atoms with Gasteiger partial charge in [-0.25, -0.2) is 11.6 Å². The van der Waals surface area contributed by atoms with E-state index in [9.17, 15) is 0 Å². The van der Waals surface area contributed by atoms with Crippen LogP contribution >= 0.6 is 24.8 Å². The van der Waals surface area contributed by atoms with Gasteiger partial charge in [-0.2, -0.15) is 6.08 Å². The number of benzene rings is 1. The van der Waals surface area contributed by atoms with Crippen LogP contribution in [0.2, 0.25) is 0 Å². The third kappa shape index (κ3) is 16.6. The van der Waals surface area contributed by atoms with Crippen LogP contribution in [0.3, 0.4) is 0 Å². The first-order chi connectivity index (χ1) is 7.89.